The molecule has 0 saturated carbocycles. The normalized spacial score (nSPS) is 20.1. The van der Waals surface area contributed by atoms with Gasteiger partial charge in [0, 0.05) is 44.5 Å². The monoisotopic (exact) mass is 432 g/mol. The van der Waals surface area contributed by atoms with E-state index in [1.54, 1.807) is 6.20 Å². The lowest BCUT2D eigenvalue weighted by Gasteiger charge is -2.47. The van der Waals surface area contributed by atoms with Gasteiger partial charge in [-0.15, -0.1) is 0 Å². The minimum Gasteiger partial charge on any atom is -0.457 e. The molecule has 0 N–H and O–H groups in total. The Hall–Kier alpha value is -2.95. The summed E-state index contributed by atoms with van der Waals surface area (Å²) in [6, 6.07) is 9.89. The van der Waals surface area contributed by atoms with E-state index in [-0.39, 0.29) is 11.6 Å². The lowest BCUT2D eigenvalue weighted by atomic mass is 9.89. The molecule has 0 aliphatic carbocycles. The molecular formula is C25H28N4O3. The third-order valence-electron chi connectivity index (χ3n) is 7.19. The summed E-state index contributed by atoms with van der Waals surface area (Å²) in [7, 11) is 0. The molecule has 166 valence electrons. The summed E-state index contributed by atoms with van der Waals surface area (Å²) in [5, 5.41) is 9.00. The van der Waals surface area contributed by atoms with Gasteiger partial charge in [0.15, 0.2) is 0 Å². The summed E-state index contributed by atoms with van der Waals surface area (Å²) in [5.41, 5.74) is 4.74. The van der Waals surface area contributed by atoms with Crippen LogP contribution in [0.25, 0.3) is 0 Å². The minimum atomic E-state index is -0.200. The van der Waals surface area contributed by atoms with Crippen LogP contribution in [0.3, 0.4) is 0 Å². The van der Waals surface area contributed by atoms with E-state index >= 15 is 0 Å². The van der Waals surface area contributed by atoms with E-state index < -0.39 is 0 Å². The first kappa shape index (κ1) is 20.9. The zero-order valence-electron chi connectivity index (χ0n) is 18.5. The molecule has 0 unspecified atom stereocenters. The van der Waals surface area contributed by atoms with Crippen LogP contribution in [0, 0.1) is 18.3 Å². The second-order valence-electron chi connectivity index (χ2n) is 9.01. The van der Waals surface area contributed by atoms with Gasteiger partial charge in [0.2, 0.25) is 0 Å². The lowest BCUT2D eigenvalue weighted by molar-refractivity contribution is -0.0911. The molecule has 2 aromatic rings. The van der Waals surface area contributed by atoms with Crippen molar-refractivity contribution in [3.63, 3.8) is 0 Å². The molecule has 3 aliphatic rings. The van der Waals surface area contributed by atoms with Crippen LogP contribution in [0.5, 0.6) is 0 Å². The van der Waals surface area contributed by atoms with Gasteiger partial charge in [-0.25, -0.2) is 9.78 Å². The molecule has 32 heavy (non-hydrogen) atoms. The van der Waals surface area contributed by atoms with Crippen LogP contribution in [0.4, 0.5) is 5.82 Å². The molecule has 2 saturated heterocycles. The molecule has 0 atom stereocenters. The number of likely N-dealkylation sites (tertiary alicyclic amines) is 1. The molecule has 1 spiro atoms. The van der Waals surface area contributed by atoms with Crippen LogP contribution in [-0.2, 0) is 22.5 Å². The van der Waals surface area contributed by atoms with Crippen molar-refractivity contribution < 1.29 is 14.3 Å². The number of carbonyl (C=O) groups excluding carboxylic acids is 1. The number of benzene rings is 1. The molecule has 1 aromatic carbocycles. The molecule has 4 heterocycles. The molecule has 0 radical (unpaired) electrons. The predicted molar refractivity (Wildman–Crippen MR) is 120 cm³/mol. The zero-order chi connectivity index (χ0) is 22.1. The Bertz CT molecular complexity index is 1050. The SMILES string of the molecule is Cc1c(CCN2CCC3(CC2)CN(c2ccc(C#N)cn2)CCO3)ccc2c1COC2=O. The maximum Gasteiger partial charge on any atom is 0.338 e. The van der Waals surface area contributed by atoms with Crippen molar-refractivity contribution in [1.29, 1.82) is 5.26 Å². The van der Waals surface area contributed by atoms with E-state index in [2.05, 4.69) is 33.8 Å². The Morgan fingerprint density at radius 3 is 2.78 bits per heavy atom. The number of morpholine rings is 1. The van der Waals surface area contributed by atoms with Gasteiger partial charge in [-0.3, -0.25) is 0 Å². The largest absolute Gasteiger partial charge is 0.457 e. The number of nitriles is 1. The highest BCUT2D eigenvalue weighted by Crippen LogP contribution is 2.32. The van der Waals surface area contributed by atoms with Gasteiger partial charge in [0.1, 0.15) is 18.5 Å². The van der Waals surface area contributed by atoms with Crippen molar-refractivity contribution in [3.8, 4) is 6.07 Å². The van der Waals surface area contributed by atoms with Gasteiger partial charge in [-0.2, -0.15) is 5.26 Å². The number of piperidine rings is 1. The molecule has 3 aliphatic heterocycles. The number of ether oxygens (including phenoxy) is 2. The van der Waals surface area contributed by atoms with Crippen LogP contribution >= 0.6 is 0 Å². The number of pyridine rings is 1. The maximum absolute atomic E-state index is 11.8. The summed E-state index contributed by atoms with van der Waals surface area (Å²) in [6.07, 6.45) is 4.63. The van der Waals surface area contributed by atoms with Crippen molar-refractivity contribution >= 4 is 11.8 Å². The number of nitrogens with zero attached hydrogens (tertiary/aromatic N) is 4. The summed E-state index contributed by atoms with van der Waals surface area (Å²) < 4.78 is 11.5. The number of anilines is 1. The zero-order valence-corrected chi connectivity index (χ0v) is 18.5. The van der Waals surface area contributed by atoms with Crippen molar-refractivity contribution in [2.75, 3.05) is 44.2 Å². The van der Waals surface area contributed by atoms with Crippen LogP contribution in [0.2, 0.25) is 0 Å². The highest BCUT2D eigenvalue weighted by Gasteiger charge is 2.40. The number of cyclic esters (lactones) is 1. The fourth-order valence-corrected chi connectivity index (χ4v) is 5.11. The number of carbonyl (C=O) groups is 1. The molecule has 0 amide bonds. The molecule has 7 nitrogen and oxygen atoms in total. The molecular weight excluding hydrogens is 404 g/mol. The Morgan fingerprint density at radius 1 is 1.19 bits per heavy atom. The van der Waals surface area contributed by atoms with E-state index in [9.17, 15) is 4.79 Å². The average Bonchev–Trinajstić information content (AvgIpc) is 3.21. The molecule has 1 aromatic heterocycles. The Morgan fingerprint density at radius 2 is 2.03 bits per heavy atom. The fraction of sp³-hybridized carbons (Fsp3) is 0.480. The van der Waals surface area contributed by atoms with Crippen molar-refractivity contribution in [1.82, 2.24) is 9.88 Å². The van der Waals surface area contributed by atoms with E-state index in [1.807, 2.05) is 18.2 Å². The third-order valence-corrected chi connectivity index (χ3v) is 7.19. The summed E-state index contributed by atoms with van der Waals surface area (Å²) in [5.74, 6) is 0.720. The van der Waals surface area contributed by atoms with Gasteiger partial charge in [-0.1, -0.05) is 6.07 Å². The van der Waals surface area contributed by atoms with Gasteiger partial charge >= 0.3 is 5.97 Å². The number of hydrogen-bond acceptors (Lipinski definition) is 7. The third kappa shape index (κ3) is 3.96. The number of rotatable bonds is 4. The van der Waals surface area contributed by atoms with Crippen molar-refractivity contribution in [2.24, 2.45) is 0 Å². The first-order chi connectivity index (χ1) is 15.6. The van der Waals surface area contributed by atoms with Gasteiger partial charge < -0.3 is 19.3 Å². The highest BCUT2D eigenvalue weighted by atomic mass is 16.5. The van der Waals surface area contributed by atoms with Gasteiger partial charge in [0.25, 0.3) is 0 Å². The lowest BCUT2D eigenvalue weighted by Crippen LogP contribution is -2.57. The number of hydrogen-bond donors (Lipinski definition) is 0. The van der Waals surface area contributed by atoms with Crippen LogP contribution < -0.4 is 4.90 Å². The Labute approximate surface area is 188 Å². The van der Waals surface area contributed by atoms with E-state index in [0.717, 1.165) is 68.9 Å². The second kappa shape index (κ2) is 8.53. The second-order valence-corrected chi connectivity index (χ2v) is 9.01. The van der Waals surface area contributed by atoms with Gasteiger partial charge in [-0.05, 0) is 55.5 Å². The molecule has 0 bridgehead atoms. The standard InChI is InChI=1S/C25H28N4O3/c1-18-20(3-4-21-22(18)16-31-24(21)30)6-9-28-10-7-25(8-11-28)17-29(12-13-32-25)23-5-2-19(14-26)15-27-23/h2-5,15H,6-13,16-17H2,1H3. The van der Waals surface area contributed by atoms with Crippen LogP contribution in [0.15, 0.2) is 30.5 Å². The Kier molecular flexibility index (Phi) is 5.58. The highest BCUT2D eigenvalue weighted by molar-refractivity contribution is 5.93. The minimum absolute atomic E-state index is 0.120. The first-order valence-corrected chi connectivity index (χ1v) is 11.3. The quantitative estimate of drug-likeness (QED) is 0.688. The summed E-state index contributed by atoms with van der Waals surface area (Å²) >= 11 is 0. The predicted octanol–water partition coefficient (Wildman–Crippen LogP) is 2.85. The molecule has 2 fully saturated rings. The fourth-order valence-electron chi connectivity index (χ4n) is 5.11. The summed E-state index contributed by atoms with van der Waals surface area (Å²) in [6.45, 7) is 7.92. The van der Waals surface area contributed by atoms with E-state index in [4.69, 9.17) is 14.7 Å². The Balaban J connectivity index is 1.17. The summed E-state index contributed by atoms with van der Waals surface area (Å²) in [4.78, 5) is 21.0. The smallest absolute Gasteiger partial charge is 0.338 e. The topological polar surface area (TPSA) is 78.7 Å². The molecule has 7 heteroatoms. The number of fused-ring (bicyclic) bond motifs is 1. The number of aromatic nitrogens is 1. The van der Waals surface area contributed by atoms with Crippen LogP contribution in [0.1, 0.15) is 45.5 Å². The first-order valence-electron chi connectivity index (χ1n) is 11.3. The van der Waals surface area contributed by atoms with Crippen molar-refractivity contribution in [3.05, 3.63) is 58.3 Å². The average molecular weight is 433 g/mol. The van der Waals surface area contributed by atoms with E-state index in [1.165, 1.54) is 11.1 Å². The number of esters is 1. The van der Waals surface area contributed by atoms with Crippen molar-refractivity contribution in [2.45, 2.75) is 38.4 Å². The van der Waals surface area contributed by atoms with E-state index in [0.29, 0.717) is 18.8 Å². The van der Waals surface area contributed by atoms with Crippen LogP contribution in [-0.4, -0.2) is 60.8 Å². The maximum atomic E-state index is 11.8. The van der Waals surface area contributed by atoms with Gasteiger partial charge in [0.05, 0.1) is 23.3 Å². The molecule has 5 rings (SSSR count).